The van der Waals surface area contributed by atoms with Gasteiger partial charge in [-0.3, -0.25) is 0 Å². The first kappa shape index (κ1) is 14.6. The van der Waals surface area contributed by atoms with E-state index in [9.17, 15) is 17.6 Å². The number of hydrogen-bond acceptors (Lipinski definition) is 3. The molecule has 0 fully saturated rings. The Hall–Kier alpha value is -0.400. The van der Waals surface area contributed by atoms with Crippen LogP contribution in [0.4, 0.5) is 17.6 Å². The molecule has 0 aromatic rings. The van der Waals surface area contributed by atoms with E-state index >= 15 is 0 Å². The third-order valence-electron chi connectivity index (χ3n) is 1.65. The second kappa shape index (κ2) is 6.24. The van der Waals surface area contributed by atoms with Crippen molar-refractivity contribution < 1.29 is 32.1 Å². The number of aliphatic hydroxyl groups excluding tert-OH is 1. The maximum atomic E-state index is 12.6. The Morgan fingerprint density at radius 1 is 1.07 bits per heavy atom. The topological polar surface area (TPSA) is 38.7 Å². The number of alkyl halides is 4. The summed E-state index contributed by atoms with van der Waals surface area (Å²) in [7, 11) is 1.43. The molecule has 0 heterocycles. The maximum Gasteiger partial charge on any atom is 0.335 e. The van der Waals surface area contributed by atoms with Gasteiger partial charge >= 0.3 is 11.8 Å². The lowest BCUT2D eigenvalue weighted by Crippen LogP contribution is -2.47. The first-order valence-corrected chi connectivity index (χ1v) is 4.30. The fraction of sp³-hybridized carbons (Fsp3) is 1.00. The zero-order chi connectivity index (χ0) is 11.9. The van der Waals surface area contributed by atoms with Gasteiger partial charge in [0.15, 0.2) is 0 Å². The van der Waals surface area contributed by atoms with Gasteiger partial charge in [-0.25, -0.2) is 0 Å². The van der Waals surface area contributed by atoms with Crippen molar-refractivity contribution in [3.8, 4) is 0 Å². The third-order valence-corrected chi connectivity index (χ3v) is 1.65. The largest absolute Gasteiger partial charge is 0.390 e. The summed E-state index contributed by atoms with van der Waals surface area (Å²) in [5, 5.41) is 8.06. The molecule has 15 heavy (non-hydrogen) atoms. The molecule has 0 aliphatic carbocycles. The highest BCUT2D eigenvalue weighted by molar-refractivity contribution is 4.83. The number of methoxy groups -OCH3 is 1. The second-order valence-electron chi connectivity index (χ2n) is 2.97. The molecule has 0 saturated heterocycles. The highest BCUT2D eigenvalue weighted by atomic mass is 19.3. The maximum absolute atomic E-state index is 12.6. The SMILES string of the molecule is COCCCOCC(F)(F)C(F)(F)CO. The van der Waals surface area contributed by atoms with Crippen LogP contribution in [0.1, 0.15) is 6.42 Å². The van der Waals surface area contributed by atoms with Gasteiger partial charge in [-0.15, -0.1) is 0 Å². The molecular formula is C8H14F4O3. The highest BCUT2D eigenvalue weighted by Crippen LogP contribution is 2.33. The number of halogens is 4. The minimum Gasteiger partial charge on any atom is -0.390 e. The van der Waals surface area contributed by atoms with Gasteiger partial charge in [0.2, 0.25) is 0 Å². The summed E-state index contributed by atoms with van der Waals surface area (Å²) in [6, 6.07) is 0. The molecule has 0 atom stereocenters. The molecule has 0 radical (unpaired) electrons. The van der Waals surface area contributed by atoms with Crippen molar-refractivity contribution in [2.75, 3.05) is 33.5 Å². The van der Waals surface area contributed by atoms with Gasteiger partial charge < -0.3 is 14.6 Å². The van der Waals surface area contributed by atoms with Crippen LogP contribution >= 0.6 is 0 Å². The highest BCUT2D eigenvalue weighted by Gasteiger charge is 2.55. The van der Waals surface area contributed by atoms with Crippen LogP contribution in [0.2, 0.25) is 0 Å². The molecule has 0 amide bonds. The monoisotopic (exact) mass is 234 g/mol. The van der Waals surface area contributed by atoms with Crippen LogP contribution in [0.15, 0.2) is 0 Å². The summed E-state index contributed by atoms with van der Waals surface area (Å²) < 4.78 is 59.1. The minimum atomic E-state index is -4.45. The van der Waals surface area contributed by atoms with Gasteiger partial charge in [0.05, 0.1) is 0 Å². The lowest BCUT2D eigenvalue weighted by Gasteiger charge is -2.24. The van der Waals surface area contributed by atoms with Crippen molar-refractivity contribution in [2.24, 2.45) is 0 Å². The van der Waals surface area contributed by atoms with Crippen LogP contribution in [0.3, 0.4) is 0 Å². The van der Waals surface area contributed by atoms with Crippen LogP contribution < -0.4 is 0 Å². The fourth-order valence-electron chi connectivity index (χ4n) is 0.727. The van der Waals surface area contributed by atoms with E-state index in [2.05, 4.69) is 9.47 Å². The Labute approximate surface area is 85.0 Å². The van der Waals surface area contributed by atoms with E-state index in [1.165, 1.54) is 7.11 Å². The Morgan fingerprint density at radius 3 is 2.13 bits per heavy atom. The summed E-state index contributed by atoms with van der Waals surface area (Å²) in [4.78, 5) is 0. The van der Waals surface area contributed by atoms with Crippen LogP contribution in [0, 0.1) is 0 Å². The average Bonchev–Trinajstić information content (AvgIpc) is 2.17. The molecule has 0 aromatic heterocycles. The van der Waals surface area contributed by atoms with Gasteiger partial charge in [-0.1, -0.05) is 0 Å². The van der Waals surface area contributed by atoms with Crippen LogP contribution in [-0.2, 0) is 9.47 Å². The molecule has 0 saturated carbocycles. The van der Waals surface area contributed by atoms with E-state index in [0.29, 0.717) is 13.0 Å². The van der Waals surface area contributed by atoms with Crippen LogP contribution in [0.25, 0.3) is 0 Å². The van der Waals surface area contributed by atoms with E-state index in [0.717, 1.165) is 0 Å². The zero-order valence-electron chi connectivity index (χ0n) is 8.31. The van der Waals surface area contributed by atoms with Gasteiger partial charge in [0, 0.05) is 20.3 Å². The first-order valence-electron chi connectivity index (χ1n) is 4.30. The molecule has 7 heteroatoms. The van der Waals surface area contributed by atoms with Crippen molar-refractivity contribution in [3.05, 3.63) is 0 Å². The summed E-state index contributed by atoms with van der Waals surface area (Å²) >= 11 is 0. The van der Waals surface area contributed by atoms with E-state index in [1.807, 2.05) is 0 Å². The molecule has 3 nitrogen and oxygen atoms in total. The van der Waals surface area contributed by atoms with Crippen molar-refractivity contribution >= 4 is 0 Å². The summed E-state index contributed by atoms with van der Waals surface area (Å²) in [5.74, 6) is -8.80. The fourth-order valence-corrected chi connectivity index (χ4v) is 0.727. The number of ether oxygens (including phenoxy) is 2. The van der Waals surface area contributed by atoms with Crippen molar-refractivity contribution in [1.82, 2.24) is 0 Å². The Morgan fingerprint density at radius 2 is 1.67 bits per heavy atom. The lowest BCUT2D eigenvalue weighted by molar-refractivity contribution is -0.245. The molecule has 0 bridgehead atoms. The molecule has 0 aliphatic rings. The Bertz CT molecular complexity index is 175. The molecule has 92 valence electrons. The smallest absolute Gasteiger partial charge is 0.335 e. The molecule has 0 aromatic carbocycles. The van der Waals surface area contributed by atoms with Crippen molar-refractivity contribution in [3.63, 3.8) is 0 Å². The number of aliphatic hydroxyl groups is 1. The van der Waals surface area contributed by atoms with Gasteiger partial charge in [-0.05, 0) is 6.42 Å². The predicted molar refractivity (Wildman–Crippen MR) is 44.3 cm³/mol. The summed E-state index contributed by atoms with van der Waals surface area (Å²) in [5.41, 5.74) is 0. The van der Waals surface area contributed by atoms with E-state index in [-0.39, 0.29) is 6.61 Å². The Balaban J connectivity index is 3.84. The molecule has 0 spiro atoms. The van der Waals surface area contributed by atoms with Crippen molar-refractivity contribution in [1.29, 1.82) is 0 Å². The number of rotatable bonds is 8. The molecule has 0 rings (SSSR count). The summed E-state index contributed by atoms with van der Waals surface area (Å²) in [6.45, 7) is -3.10. The lowest BCUT2D eigenvalue weighted by atomic mass is 10.2. The van der Waals surface area contributed by atoms with Gasteiger partial charge in [0.25, 0.3) is 0 Å². The standard InChI is InChI=1S/C8H14F4O3/c1-14-3-2-4-15-6-8(11,12)7(9,10)5-13/h13H,2-6H2,1H3. The van der Waals surface area contributed by atoms with E-state index in [1.54, 1.807) is 0 Å². The molecule has 0 unspecified atom stereocenters. The average molecular weight is 234 g/mol. The van der Waals surface area contributed by atoms with Crippen LogP contribution in [-0.4, -0.2) is 50.5 Å². The second-order valence-corrected chi connectivity index (χ2v) is 2.97. The summed E-state index contributed by atoms with van der Waals surface area (Å²) in [6.07, 6.45) is 0.345. The molecule has 1 N–H and O–H groups in total. The predicted octanol–water partition coefficient (Wildman–Crippen LogP) is 1.30. The van der Waals surface area contributed by atoms with Gasteiger partial charge in [0.1, 0.15) is 13.2 Å². The number of hydrogen-bond donors (Lipinski definition) is 1. The quantitative estimate of drug-likeness (QED) is 0.508. The van der Waals surface area contributed by atoms with E-state index < -0.39 is 25.1 Å². The first-order chi connectivity index (χ1) is 6.87. The van der Waals surface area contributed by atoms with Crippen LogP contribution in [0.5, 0.6) is 0 Å². The third kappa shape index (κ3) is 4.76. The molecular weight excluding hydrogens is 220 g/mol. The Kier molecular flexibility index (Phi) is 6.07. The van der Waals surface area contributed by atoms with Gasteiger partial charge in [-0.2, -0.15) is 17.6 Å². The van der Waals surface area contributed by atoms with Crippen molar-refractivity contribution in [2.45, 2.75) is 18.3 Å². The normalized spacial score (nSPS) is 13.2. The minimum absolute atomic E-state index is 0.0923. The van der Waals surface area contributed by atoms with E-state index in [4.69, 9.17) is 5.11 Å². The zero-order valence-corrected chi connectivity index (χ0v) is 8.31. The molecule has 0 aliphatic heterocycles.